The third kappa shape index (κ3) is 3.83. The molecule has 132 valence electrons. The molecule has 3 rings (SSSR count). The lowest BCUT2D eigenvalue weighted by atomic mass is 9.89. The van der Waals surface area contributed by atoms with Crippen LogP contribution in [0.3, 0.4) is 0 Å². The number of rotatable bonds is 3. The van der Waals surface area contributed by atoms with Crippen LogP contribution in [0.1, 0.15) is 24.0 Å². The summed E-state index contributed by atoms with van der Waals surface area (Å²) in [7, 11) is 1.85. The SMILES string of the molecule is Cc1cc(F)ccc1C1=C2C=CC(CCC(F)(F)F)=CC2N=CN1C. The Morgan fingerprint density at radius 1 is 1.20 bits per heavy atom. The summed E-state index contributed by atoms with van der Waals surface area (Å²) in [5.41, 5.74) is 4.09. The van der Waals surface area contributed by atoms with Crippen molar-refractivity contribution in [2.75, 3.05) is 7.05 Å². The molecule has 6 heteroatoms. The molecule has 0 fully saturated rings. The molecule has 2 aliphatic rings. The molecule has 0 radical (unpaired) electrons. The Labute approximate surface area is 143 Å². The third-order valence-corrected chi connectivity index (χ3v) is 4.33. The molecule has 0 saturated heterocycles. The Morgan fingerprint density at radius 3 is 2.64 bits per heavy atom. The van der Waals surface area contributed by atoms with Crippen molar-refractivity contribution >= 4 is 12.0 Å². The van der Waals surface area contributed by atoms with E-state index >= 15 is 0 Å². The maximum absolute atomic E-state index is 13.4. The molecule has 0 aromatic heterocycles. The number of aliphatic imine (C=N–C) groups is 1. The van der Waals surface area contributed by atoms with Crippen LogP contribution in [0.4, 0.5) is 17.6 Å². The van der Waals surface area contributed by atoms with E-state index < -0.39 is 12.6 Å². The minimum atomic E-state index is -4.17. The minimum absolute atomic E-state index is 0.0555. The predicted octanol–water partition coefficient (Wildman–Crippen LogP) is 5.03. The summed E-state index contributed by atoms with van der Waals surface area (Å²) in [6.45, 7) is 1.83. The molecule has 0 N–H and O–H groups in total. The number of benzene rings is 1. The minimum Gasteiger partial charge on any atom is -0.335 e. The van der Waals surface area contributed by atoms with Crippen LogP contribution in [-0.2, 0) is 0 Å². The van der Waals surface area contributed by atoms with Crippen molar-refractivity contribution in [2.45, 2.75) is 32.0 Å². The van der Waals surface area contributed by atoms with Gasteiger partial charge in [-0.25, -0.2) is 4.39 Å². The van der Waals surface area contributed by atoms with Gasteiger partial charge in [0.25, 0.3) is 0 Å². The van der Waals surface area contributed by atoms with E-state index in [2.05, 4.69) is 4.99 Å². The van der Waals surface area contributed by atoms with E-state index in [1.165, 1.54) is 12.1 Å². The second-order valence-electron chi connectivity index (χ2n) is 6.27. The first-order valence-corrected chi connectivity index (χ1v) is 7.97. The molecule has 0 amide bonds. The average Bonchev–Trinajstić information content (AvgIpc) is 2.53. The molecular formula is C19H18F4N2. The first-order valence-electron chi connectivity index (χ1n) is 7.97. The molecule has 0 bridgehead atoms. The average molecular weight is 350 g/mol. The Balaban J connectivity index is 1.94. The van der Waals surface area contributed by atoms with E-state index in [9.17, 15) is 17.6 Å². The number of nitrogens with zero attached hydrogens (tertiary/aromatic N) is 2. The maximum atomic E-state index is 13.4. The van der Waals surface area contributed by atoms with E-state index in [1.807, 2.05) is 24.9 Å². The predicted molar refractivity (Wildman–Crippen MR) is 90.6 cm³/mol. The molecule has 2 nitrogen and oxygen atoms in total. The highest BCUT2D eigenvalue weighted by Gasteiger charge is 2.29. The first-order chi connectivity index (χ1) is 11.7. The normalized spacial score (nSPS) is 20.0. The zero-order valence-corrected chi connectivity index (χ0v) is 13.9. The second-order valence-corrected chi connectivity index (χ2v) is 6.27. The van der Waals surface area contributed by atoms with Crippen LogP contribution < -0.4 is 0 Å². The first kappa shape index (κ1) is 17.5. The monoisotopic (exact) mass is 350 g/mol. The van der Waals surface area contributed by atoms with Crippen LogP contribution >= 0.6 is 0 Å². The Bertz CT molecular complexity index is 800. The highest BCUT2D eigenvalue weighted by atomic mass is 19.4. The Kier molecular flexibility index (Phi) is 4.54. The van der Waals surface area contributed by atoms with Gasteiger partial charge in [0.1, 0.15) is 5.82 Å². The van der Waals surface area contributed by atoms with Gasteiger partial charge in [-0.05, 0) is 42.7 Å². The fourth-order valence-corrected chi connectivity index (χ4v) is 3.11. The van der Waals surface area contributed by atoms with Crippen molar-refractivity contribution in [3.05, 3.63) is 64.5 Å². The lowest BCUT2D eigenvalue weighted by molar-refractivity contribution is -0.133. The molecule has 1 aliphatic heterocycles. The van der Waals surface area contributed by atoms with Crippen LogP contribution in [0.5, 0.6) is 0 Å². The summed E-state index contributed by atoms with van der Waals surface area (Å²) < 4.78 is 50.7. The molecule has 25 heavy (non-hydrogen) atoms. The topological polar surface area (TPSA) is 15.6 Å². The largest absolute Gasteiger partial charge is 0.389 e. The lowest BCUT2D eigenvalue weighted by Gasteiger charge is -2.31. The van der Waals surface area contributed by atoms with Gasteiger partial charge in [-0.15, -0.1) is 0 Å². The van der Waals surface area contributed by atoms with Crippen LogP contribution in [-0.4, -0.2) is 30.5 Å². The third-order valence-electron chi connectivity index (χ3n) is 4.33. The summed E-state index contributed by atoms with van der Waals surface area (Å²) in [6.07, 6.45) is 1.89. The molecule has 1 heterocycles. The van der Waals surface area contributed by atoms with E-state index in [4.69, 9.17) is 0 Å². The number of hydrogen-bond donors (Lipinski definition) is 0. The van der Waals surface area contributed by atoms with Crippen molar-refractivity contribution in [2.24, 2.45) is 4.99 Å². The summed E-state index contributed by atoms with van der Waals surface area (Å²) in [6, 6.07) is 4.27. The molecule has 1 aromatic carbocycles. The van der Waals surface area contributed by atoms with Crippen molar-refractivity contribution in [3.63, 3.8) is 0 Å². The van der Waals surface area contributed by atoms with Gasteiger partial charge in [-0.1, -0.05) is 18.2 Å². The van der Waals surface area contributed by atoms with Crippen molar-refractivity contribution in [3.8, 4) is 0 Å². The molecule has 0 spiro atoms. The zero-order valence-electron chi connectivity index (χ0n) is 13.9. The Hall–Kier alpha value is -2.37. The number of alkyl halides is 3. The van der Waals surface area contributed by atoms with Crippen LogP contribution in [0.25, 0.3) is 5.70 Å². The van der Waals surface area contributed by atoms with Gasteiger partial charge in [0.2, 0.25) is 0 Å². The standard InChI is InChI=1S/C19H18F4N2/c1-12-9-14(20)4-6-15(12)18-16-5-3-13(7-8-19(21,22)23)10-17(16)24-11-25(18)2/h3-6,9-11,17H,7-8H2,1-2H3. The van der Waals surface area contributed by atoms with Gasteiger partial charge < -0.3 is 4.90 Å². The van der Waals surface area contributed by atoms with Gasteiger partial charge in [-0.2, -0.15) is 13.2 Å². The summed E-state index contributed by atoms with van der Waals surface area (Å²) >= 11 is 0. The molecule has 1 aliphatic carbocycles. The zero-order chi connectivity index (χ0) is 18.2. The summed E-state index contributed by atoms with van der Waals surface area (Å²) in [5.74, 6) is -0.302. The summed E-state index contributed by atoms with van der Waals surface area (Å²) in [5, 5.41) is 0. The fraction of sp³-hybridized carbons (Fsp3) is 0.316. The number of fused-ring (bicyclic) bond motifs is 1. The highest BCUT2D eigenvalue weighted by Crippen LogP contribution is 2.35. The van der Waals surface area contributed by atoms with Crippen LogP contribution in [0.15, 0.2) is 52.6 Å². The van der Waals surface area contributed by atoms with Gasteiger partial charge in [0.05, 0.1) is 18.1 Å². The lowest BCUT2D eigenvalue weighted by Crippen LogP contribution is -2.26. The Morgan fingerprint density at radius 2 is 1.96 bits per heavy atom. The van der Waals surface area contributed by atoms with E-state index in [0.717, 1.165) is 22.4 Å². The molecule has 1 atom stereocenters. The second kappa shape index (κ2) is 6.50. The molecule has 0 saturated carbocycles. The van der Waals surface area contributed by atoms with E-state index in [0.29, 0.717) is 5.57 Å². The van der Waals surface area contributed by atoms with Crippen molar-refractivity contribution < 1.29 is 17.6 Å². The molecule has 1 unspecified atom stereocenters. The fourth-order valence-electron chi connectivity index (χ4n) is 3.11. The molecular weight excluding hydrogens is 332 g/mol. The van der Waals surface area contributed by atoms with Gasteiger partial charge in [0.15, 0.2) is 0 Å². The quantitative estimate of drug-likeness (QED) is 0.699. The van der Waals surface area contributed by atoms with Crippen LogP contribution in [0, 0.1) is 12.7 Å². The smallest absolute Gasteiger partial charge is 0.335 e. The van der Waals surface area contributed by atoms with Crippen molar-refractivity contribution in [1.82, 2.24) is 4.90 Å². The number of aryl methyl sites for hydroxylation is 1. The highest BCUT2D eigenvalue weighted by molar-refractivity contribution is 5.84. The summed E-state index contributed by atoms with van der Waals surface area (Å²) in [4.78, 5) is 6.26. The number of allylic oxidation sites excluding steroid dienone is 2. The molecule has 1 aromatic rings. The number of hydrogen-bond acceptors (Lipinski definition) is 2. The van der Waals surface area contributed by atoms with Gasteiger partial charge >= 0.3 is 6.18 Å². The van der Waals surface area contributed by atoms with E-state index in [1.54, 1.807) is 24.6 Å². The maximum Gasteiger partial charge on any atom is 0.389 e. The van der Waals surface area contributed by atoms with Gasteiger partial charge in [0, 0.05) is 24.6 Å². The van der Waals surface area contributed by atoms with E-state index in [-0.39, 0.29) is 18.3 Å². The number of halogens is 4. The van der Waals surface area contributed by atoms with Crippen molar-refractivity contribution in [1.29, 1.82) is 0 Å². The van der Waals surface area contributed by atoms with Gasteiger partial charge in [-0.3, -0.25) is 4.99 Å². The van der Waals surface area contributed by atoms with Crippen LogP contribution in [0.2, 0.25) is 0 Å².